The van der Waals surface area contributed by atoms with Gasteiger partial charge in [-0.3, -0.25) is 4.79 Å². The predicted octanol–water partition coefficient (Wildman–Crippen LogP) is 2.80. The van der Waals surface area contributed by atoms with Crippen molar-refractivity contribution in [2.45, 2.75) is 43.7 Å². The molecule has 132 valence electrons. The number of rotatable bonds is 2. The van der Waals surface area contributed by atoms with Crippen LogP contribution in [0.15, 0.2) is 10.6 Å². The zero-order valence-electron chi connectivity index (χ0n) is 13.1. The Labute approximate surface area is 141 Å². The fraction of sp³-hybridized carbons (Fsp3) is 0.600. The molecule has 0 radical (unpaired) electrons. The van der Waals surface area contributed by atoms with Crippen LogP contribution in [-0.4, -0.2) is 40.3 Å². The van der Waals surface area contributed by atoms with E-state index in [1.807, 2.05) is 0 Å². The summed E-state index contributed by atoms with van der Waals surface area (Å²) in [5.41, 5.74) is 6.02. The van der Waals surface area contributed by atoms with Gasteiger partial charge in [-0.2, -0.15) is 13.2 Å². The van der Waals surface area contributed by atoms with Crippen molar-refractivity contribution in [1.29, 1.82) is 0 Å². The summed E-state index contributed by atoms with van der Waals surface area (Å²) in [6, 6.07) is -0.00587. The molecule has 0 aliphatic carbocycles. The Morgan fingerprint density at radius 3 is 2.88 bits per heavy atom. The number of nitrogens with two attached hydrogens (primary N) is 1. The Hall–Kier alpha value is -1.48. The second kappa shape index (κ2) is 6.44. The van der Waals surface area contributed by atoms with E-state index in [4.69, 9.17) is 5.73 Å². The average Bonchev–Trinajstić information content (AvgIpc) is 3.12. The second-order valence-electron chi connectivity index (χ2n) is 6.08. The van der Waals surface area contributed by atoms with Gasteiger partial charge in [-0.25, -0.2) is 0 Å². The Morgan fingerprint density at radius 1 is 1.50 bits per heavy atom. The van der Waals surface area contributed by atoms with Crippen LogP contribution < -0.4 is 5.73 Å². The molecule has 9 heteroatoms. The highest BCUT2D eigenvalue weighted by Gasteiger charge is 2.40. The van der Waals surface area contributed by atoms with Crippen molar-refractivity contribution in [2.75, 3.05) is 13.1 Å². The lowest BCUT2D eigenvalue weighted by Crippen LogP contribution is -2.48. The van der Waals surface area contributed by atoms with Crippen molar-refractivity contribution < 1.29 is 22.5 Å². The third kappa shape index (κ3) is 3.32. The van der Waals surface area contributed by atoms with E-state index < -0.39 is 11.9 Å². The highest BCUT2D eigenvalue weighted by atomic mass is 32.2. The number of thioether (sulfide) groups is 1. The maximum atomic E-state index is 12.8. The lowest BCUT2D eigenvalue weighted by Gasteiger charge is -2.32. The first-order valence-corrected chi connectivity index (χ1v) is 8.60. The van der Waals surface area contributed by atoms with Crippen LogP contribution in [0.4, 0.5) is 13.2 Å². The number of aromatic nitrogens is 1. The summed E-state index contributed by atoms with van der Waals surface area (Å²) in [5, 5.41) is 3.22. The Bertz CT molecular complexity index is 671. The van der Waals surface area contributed by atoms with Gasteiger partial charge in [-0.05, 0) is 26.2 Å². The number of hydrogen-bond acceptors (Lipinski definition) is 5. The van der Waals surface area contributed by atoms with Crippen LogP contribution in [0.25, 0.3) is 4.91 Å². The highest BCUT2D eigenvalue weighted by Crippen LogP contribution is 2.43. The molecule has 1 fully saturated rings. The fourth-order valence-electron chi connectivity index (χ4n) is 3.01. The number of allylic oxidation sites excluding steroid dienone is 1. The van der Waals surface area contributed by atoms with E-state index in [1.54, 1.807) is 11.0 Å². The molecule has 2 atom stereocenters. The minimum Gasteiger partial charge on any atom is -0.351 e. The Morgan fingerprint density at radius 2 is 2.25 bits per heavy atom. The molecule has 3 rings (SSSR count). The molecule has 0 aromatic carbocycles. The third-order valence-corrected chi connectivity index (χ3v) is 5.54. The van der Waals surface area contributed by atoms with Crippen LogP contribution >= 0.6 is 11.8 Å². The number of likely N-dealkylation sites (tertiary alicyclic amines) is 1. The molecule has 0 bridgehead atoms. The first kappa shape index (κ1) is 17.3. The molecule has 2 unspecified atom stereocenters. The Kier molecular flexibility index (Phi) is 4.65. The third-order valence-electron chi connectivity index (χ3n) is 4.25. The largest absolute Gasteiger partial charge is 0.452 e. The van der Waals surface area contributed by atoms with Gasteiger partial charge in [-0.15, -0.1) is 11.8 Å². The summed E-state index contributed by atoms with van der Waals surface area (Å²) in [6.07, 6.45) is -0.565. The van der Waals surface area contributed by atoms with Crippen LogP contribution in [0.3, 0.4) is 0 Å². The van der Waals surface area contributed by atoms with E-state index in [0.29, 0.717) is 24.4 Å². The topological polar surface area (TPSA) is 72.4 Å². The van der Waals surface area contributed by atoms with E-state index in [1.165, 1.54) is 18.7 Å². The first-order chi connectivity index (χ1) is 11.3. The lowest BCUT2D eigenvalue weighted by atomic mass is 10.1. The SMILES string of the molecule is Cc1c(C2=CCC(C(=O)N3CCCC(N)C3)S2)noc1C(F)(F)F. The maximum Gasteiger partial charge on any atom is 0.452 e. The van der Waals surface area contributed by atoms with Crippen LogP contribution in [-0.2, 0) is 11.0 Å². The number of halogens is 3. The first-order valence-electron chi connectivity index (χ1n) is 7.72. The molecule has 1 aromatic rings. The quantitative estimate of drug-likeness (QED) is 0.877. The summed E-state index contributed by atoms with van der Waals surface area (Å²) in [6.45, 7) is 2.54. The maximum absolute atomic E-state index is 12.8. The number of piperidine rings is 1. The standard InChI is InChI=1S/C15H18F3N3O2S/c1-8-12(20-23-13(8)15(16,17)18)10-4-5-11(24-10)14(22)21-6-2-3-9(19)7-21/h4,9,11H,2-3,5-7,19H2,1H3. The van der Waals surface area contributed by atoms with Crippen molar-refractivity contribution in [2.24, 2.45) is 5.73 Å². The minimum atomic E-state index is -4.57. The van der Waals surface area contributed by atoms with Crippen LogP contribution in [0.5, 0.6) is 0 Å². The van der Waals surface area contributed by atoms with E-state index in [2.05, 4.69) is 9.68 Å². The van der Waals surface area contributed by atoms with E-state index in [0.717, 1.165) is 12.8 Å². The zero-order chi connectivity index (χ0) is 17.5. The van der Waals surface area contributed by atoms with Gasteiger partial charge in [0.15, 0.2) is 0 Å². The number of carbonyl (C=O) groups excluding carboxylic acids is 1. The second-order valence-corrected chi connectivity index (χ2v) is 7.32. The summed E-state index contributed by atoms with van der Waals surface area (Å²) < 4.78 is 42.9. The summed E-state index contributed by atoms with van der Waals surface area (Å²) in [7, 11) is 0. The number of alkyl halides is 3. The molecule has 2 N–H and O–H groups in total. The monoisotopic (exact) mass is 361 g/mol. The molecule has 1 amide bonds. The lowest BCUT2D eigenvalue weighted by molar-refractivity contribution is -0.156. The van der Waals surface area contributed by atoms with Gasteiger partial charge < -0.3 is 15.2 Å². The molecule has 5 nitrogen and oxygen atoms in total. The van der Waals surface area contributed by atoms with Gasteiger partial charge >= 0.3 is 6.18 Å². The molecule has 2 aliphatic rings. The number of nitrogens with zero attached hydrogens (tertiary/aromatic N) is 2. The van der Waals surface area contributed by atoms with Crippen molar-refractivity contribution >= 4 is 22.6 Å². The normalized spacial score (nSPS) is 25.0. The summed E-state index contributed by atoms with van der Waals surface area (Å²) in [5.74, 6) is -1.10. The van der Waals surface area contributed by atoms with Gasteiger partial charge in [0.1, 0.15) is 5.69 Å². The predicted molar refractivity (Wildman–Crippen MR) is 84.0 cm³/mol. The number of amides is 1. The zero-order valence-corrected chi connectivity index (χ0v) is 13.9. The summed E-state index contributed by atoms with van der Waals surface area (Å²) >= 11 is 1.24. The van der Waals surface area contributed by atoms with Gasteiger partial charge in [0.05, 0.1) is 5.25 Å². The van der Waals surface area contributed by atoms with Crippen LogP contribution in [0.2, 0.25) is 0 Å². The molecular weight excluding hydrogens is 343 g/mol. The number of carbonyl (C=O) groups is 1. The van der Waals surface area contributed by atoms with Gasteiger partial charge in [0, 0.05) is 29.6 Å². The number of hydrogen-bond donors (Lipinski definition) is 1. The van der Waals surface area contributed by atoms with Gasteiger partial charge in [-0.1, -0.05) is 11.2 Å². The van der Waals surface area contributed by atoms with E-state index >= 15 is 0 Å². The molecule has 2 aliphatic heterocycles. The smallest absolute Gasteiger partial charge is 0.351 e. The van der Waals surface area contributed by atoms with Gasteiger partial charge in [0.25, 0.3) is 0 Å². The van der Waals surface area contributed by atoms with Crippen molar-refractivity contribution in [3.8, 4) is 0 Å². The van der Waals surface area contributed by atoms with E-state index in [-0.39, 0.29) is 28.5 Å². The highest BCUT2D eigenvalue weighted by molar-refractivity contribution is 8.09. The van der Waals surface area contributed by atoms with E-state index in [9.17, 15) is 18.0 Å². The average molecular weight is 361 g/mol. The van der Waals surface area contributed by atoms with Crippen molar-refractivity contribution in [3.05, 3.63) is 23.1 Å². The van der Waals surface area contributed by atoms with Crippen molar-refractivity contribution in [3.63, 3.8) is 0 Å². The molecular formula is C15H18F3N3O2S. The minimum absolute atomic E-state index is 0.00587. The molecule has 1 saturated heterocycles. The molecule has 24 heavy (non-hydrogen) atoms. The van der Waals surface area contributed by atoms with Crippen LogP contribution in [0, 0.1) is 6.92 Å². The molecule has 1 aromatic heterocycles. The molecule has 0 spiro atoms. The molecule has 3 heterocycles. The molecule has 0 saturated carbocycles. The summed E-state index contributed by atoms with van der Waals surface area (Å²) in [4.78, 5) is 14.9. The fourth-order valence-corrected chi connectivity index (χ4v) is 4.25. The van der Waals surface area contributed by atoms with Crippen molar-refractivity contribution in [1.82, 2.24) is 10.1 Å². The van der Waals surface area contributed by atoms with Crippen LogP contribution in [0.1, 0.15) is 36.3 Å². The van der Waals surface area contributed by atoms with Gasteiger partial charge in [0.2, 0.25) is 11.7 Å². The Balaban J connectivity index is 1.69.